The third-order valence-corrected chi connectivity index (χ3v) is 16.6. The summed E-state index contributed by atoms with van der Waals surface area (Å²) >= 11 is 0. The average molecular weight is 343 g/mol. The molecule has 6 heteroatoms. The van der Waals surface area contributed by atoms with Crippen LogP contribution in [0, 0.1) is 0 Å². The Kier molecular flexibility index (Phi) is 6.61. The molecule has 0 aromatic heterocycles. The molecule has 0 fully saturated rings. The summed E-state index contributed by atoms with van der Waals surface area (Å²) in [4.78, 5) is 0. The topological polar surface area (TPSA) is 18.5 Å². The maximum absolute atomic E-state index is 6.76. The molecule has 1 atom stereocenters. The Morgan fingerprint density at radius 2 is 1.50 bits per heavy atom. The van der Waals surface area contributed by atoms with Gasteiger partial charge in [-0.25, -0.2) is 0 Å². The van der Waals surface area contributed by atoms with Gasteiger partial charge in [0.1, 0.15) is 0 Å². The van der Waals surface area contributed by atoms with Crippen molar-refractivity contribution >= 4 is 39.9 Å². The molecule has 0 saturated carbocycles. The second-order valence-corrected chi connectivity index (χ2v) is 21.7. The molecule has 1 rings (SSSR count). The van der Waals surface area contributed by atoms with Gasteiger partial charge in [-0.3, -0.25) is 0 Å². The summed E-state index contributed by atoms with van der Waals surface area (Å²) in [5.41, 5.74) is 1.19. The molecule has 1 aromatic rings. The average Bonchev–Trinajstić information content (AvgIpc) is 2.25. The molecule has 0 aliphatic carbocycles. The molecule has 2 nitrogen and oxygen atoms in total. The van der Waals surface area contributed by atoms with Crippen molar-refractivity contribution in [2.45, 2.75) is 51.5 Å². The summed E-state index contributed by atoms with van der Waals surface area (Å²) in [5, 5.41) is 1.34. The maximum atomic E-state index is 6.76. The highest BCUT2D eigenvalue weighted by Crippen LogP contribution is 2.22. The monoisotopic (exact) mass is 342 g/mol. The van der Waals surface area contributed by atoms with Gasteiger partial charge in [0.15, 0.2) is 17.4 Å². The minimum Gasteiger partial charge on any atom is -0.436 e. The van der Waals surface area contributed by atoms with Crippen LogP contribution in [0.4, 0.5) is 0 Å². The molecule has 1 unspecified atom stereocenters. The molecule has 0 aliphatic heterocycles. The van der Waals surface area contributed by atoms with Crippen LogP contribution < -0.4 is 5.19 Å². The fourth-order valence-corrected chi connectivity index (χ4v) is 19.4. The van der Waals surface area contributed by atoms with Crippen LogP contribution in [0.5, 0.6) is 0 Å². The molecule has 1 aromatic carbocycles. The summed E-state index contributed by atoms with van der Waals surface area (Å²) in [7, 11) is -5.77. The van der Waals surface area contributed by atoms with Gasteiger partial charge < -0.3 is 8.23 Å². The van der Waals surface area contributed by atoms with Crippen molar-refractivity contribution in [3.8, 4) is 0 Å². The predicted molar refractivity (Wildman–Crippen MR) is 99.9 cm³/mol. The van der Waals surface area contributed by atoms with Gasteiger partial charge in [0, 0.05) is 8.80 Å². The van der Waals surface area contributed by atoms with E-state index < -0.39 is 34.7 Å². The van der Waals surface area contributed by atoms with Crippen LogP contribution in [0.1, 0.15) is 0 Å². The first-order valence-electron chi connectivity index (χ1n) is 7.58. The lowest BCUT2D eigenvalue weighted by Gasteiger charge is -2.39. The zero-order valence-electron chi connectivity index (χ0n) is 14.1. The first-order valence-corrected chi connectivity index (χ1v) is 18.9. The van der Waals surface area contributed by atoms with Gasteiger partial charge in [-0.2, -0.15) is 0 Å². The molecule has 0 amide bonds. The molecular formula is C14H30O2Si4. The van der Waals surface area contributed by atoms with Crippen LogP contribution >= 0.6 is 0 Å². The summed E-state index contributed by atoms with van der Waals surface area (Å²) < 4.78 is 13.4. The van der Waals surface area contributed by atoms with E-state index in [1.54, 1.807) is 0 Å². The predicted octanol–water partition coefficient (Wildman–Crippen LogP) is 3.21. The van der Waals surface area contributed by atoms with E-state index in [-0.39, 0.29) is 0 Å². The van der Waals surface area contributed by atoms with Gasteiger partial charge in [0.25, 0.3) is 0 Å². The van der Waals surface area contributed by atoms with E-state index in [2.05, 4.69) is 76.2 Å². The van der Waals surface area contributed by atoms with Crippen LogP contribution in [-0.4, -0.2) is 34.7 Å². The van der Waals surface area contributed by atoms with Crippen molar-refractivity contribution in [2.75, 3.05) is 0 Å². The lowest BCUT2D eigenvalue weighted by Crippen LogP contribution is -2.61. The second kappa shape index (κ2) is 7.33. The van der Waals surface area contributed by atoms with E-state index in [0.29, 0.717) is 0 Å². The van der Waals surface area contributed by atoms with Crippen LogP contribution in [0.3, 0.4) is 0 Å². The smallest absolute Gasteiger partial charge is 0.348 e. The summed E-state index contributed by atoms with van der Waals surface area (Å²) in [6.45, 7) is 16.2. The van der Waals surface area contributed by atoms with Crippen LogP contribution in [0.15, 0.2) is 30.3 Å². The molecule has 0 N–H and O–H groups in total. The Balaban J connectivity index is 3.25. The molecular weight excluding hydrogens is 312 g/mol. The van der Waals surface area contributed by atoms with E-state index in [9.17, 15) is 0 Å². The highest BCUT2D eigenvalue weighted by Gasteiger charge is 2.44. The van der Waals surface area contributed by atoms with Crippen molar-refractivity contribution < 1.29 is 8.23 Å². The lowest BCUT2D eigenvalue weighted by atomic mass is 10.4. The lowest BCUT2D eigenvalue weighted by molar-refractivity contribution is 0.410. The molecule has 0 spiro atoms. The molecule has 0 saturated heterocycles. The minimum atomic E-state index is -2.25. The maximum Gasteiger partial charge on any atom is 0.348 e. The van der Waals surface area contributed by atoms with Gasteiger partial charge in [-0.1, -0.05) is 43.4 Å². The van der Waals surface area contributed by atoms with Crippen LogP contribution in [0.2, 0.25) is 51.5 Å². The zero-order valence-corrected chi connectivity index (χ0v) is 18.4. The molecule has 114 valence electrons. The van der Waals surface area contributed by atoms with Gasteiger partial charge in [-0.15, -0.1) is 0 Å². The van der Waals surface area contributed by atoms with Crippen LogP contribution in [-0.2, 0) is 8.23 Å². The Morgan fingerprint density at radius 1 is 0.950 bits per heavy atom. The van der Waals surface area contributed by atoms with E-state index >= 15 is 0 Å². The van der Waals surface area contributed by atoms with E-state index in [1.807, 2.05) is 0 Å². The Hall–Kier alpha value is 0.00753. The van der Waals surface area contributed by atoms with Crippen molar-refractivity contribution in [1.29, 1.82) is 0 Å². The van der Waals surface area contributed by atoms with E-state index in [4.69, 9.17) is 8.23 Å². The fourth-order valence-electron chi connectivity index (χ4n) is 2.46. The van der Waals surface area contributed by atoms with E-state index in [1.165, 1.54) is 10.9 Å². The van der Waals surface area contributed by atoms with Crippen molar-refractivity contribution in [1.82, 2.24) is 0 Å². The van der Waals surface area contributed by atoms with Crippen molar-refractivity contribution in [3.63, 3.8) is 0 Å². The number of benzene rings is 1. The van der Waals surface area contributed by atoms with Gasteiger partial charge >= 0.3 is 8.56 Å². The summed E-state index contributed by atoms with van der Waals surface area (Å²) in [6, 6.07) is 10.8. The van der Waals surface area contributed by atoms with Crippen LogP contribution in [0.25, 0.3) is 0 Å². The number of hydrogen-bond donors (Lipinski definition) is 0. The van der Waals surface area contributed by atoms with Gasteiger partial charge in [0.2, 0.25) is 0 Å². The molecule has 0 aliphatic rings. The fraction of sp³-hybridized carbons (Fsp3) is 0.571. The van der Waals surface area contributed by atoms with Gasteiger partial charge in [0.05, 0.1) is 0 Å². The van der Waals surface area contributed by atoms with Crippen molar-refractivity contribution in [3.05, 3.63) is 30.3 Å². The Bertz CT molecular complexity index is 391. The van der Waals surface area contributed by atoms with Crippen molar-refractivity contribution in [2.24, 2.45) is 0 Å². The Labute approximate surface area is 130 Å². The zero-order chi connectivity index (χ0) is 15.4. The molecule has 0 radical (unpaired) electrons. The quantitative estimate of drug-likeness (QED) is 0.708. The molecule has 0 bridgehead atoms. The second-order valence-electron chi connectivity index (χ2n) is 7.10. The first kappa shape index (κ1) is 18.1. The first-order chi connectivity index (χ1) is 9.15. The Morgan fingerprint density at radius 3 is 1.90 bits per heavy atom. The van der Waals surface area contributed by atoms with Gasteiger partial charge in [-0.05, 0) is 43.6 Å². The SMILES string of the molecule is C[SiH](C)C[Si](O[SiH](C)C)(O[Si](C)(C)C)c1ccccc1. The molecule has 20 heavy (non-hydrogen) atoms. The normalized spacial score (nSPS) is 15.7. The number of hydrogen-bond acceptors (Lipinski definition) is 2. The largest absolute Gasteiger partial charge is 0.436 e. The highest BCUT2D eigenvalue weighted by atomic mass is 28.5. The third-order valence-electron chi connectivity index (χ3n) is 2.79. The summed E-state index contributed by atoms with van der Waals surface area (Å²) in [6.07, 6.45) is 0. The third kappa shape index (κ3) is 5.78. The number of rotatable bonds is 7. The van der Waals surface area contributed by atoms with E-state index in [0.717, 1.165) is 0 Å². The highest BCUT2D eigenvalue weighted by molar-refractivity contribution is 6.97. The summed E-state index contributed by atoms with van der Waals surface area (Å²) in [5.74, 6) is 0. The minimum absolute atomic E-state index is 0.758. The molecule has 0 heterocycles. The standard InChI is InChI=1S/C14H30O2Si4/c1-17(2)13-20(15-18(3)4,16-19(5,6)7)14-11-9-8-10-12-14/h8-12,17-18H,13H2,1-7H3.